The lowest BCUT2D eigenvalue weighted by molar-refractivity contribution is -0.140. The number of hydrogen-bond acceptors (Lipinski definition) is 4. The molecule has 1 amide bonds. The summed E-state index contributed by atoms with van der Waals surface area (Å²) in [5.41, 5.74) is 0.189. The second-order valence-corrected chi connectivity index (χ2v) is 5.59. The Balaban J connectivity index is 2.17. The molecule has 1 aliphatic rings. The van der Waals surface area contributed by atoms with Crippen molar-refractivity contribution in [2.24, 2.45) is 17.3 Å². The molecule has 0 radical (unpaired) electrons. The van der Waals surface area contributed by atoms with Crippen LogP contribution < -0.4 is 5.32 Å². The Morgan fingerprint density at radius 2 is 1.81 bits per heavy atom. The summed E-state index contributed by atoms with van der Waals surface area (Å²) in [4.78, 5) is 23.2. The third-order valence-electron chi connectivity index (χ3n) is 3.90. The number of hydrogen-bond donors (Lipinski definition) is 2. The predicted molar refractivity (Wildman–Crippen MR) is 72.9 cm³/mol. The number of carboxylic acids is 1. The average Bonchev–Trinajstić information content (AvgIpc) is 3.01. The van der Waals surface area contributed by atoms with E-state index in [-0.39, 0.29) is 17.0 Å². The number of aliphatic carboxylic acids is 1. The van der Waals surface area contributed by atoms with E-state index in [1.165, 1.54) is 18.2 Å². The van der Waals surface area contributed by atoms with Gasteiger partial charge in [0.05, 0.1) is 23.0 Å². The average molecular weight is 283 g/mol. The highest BCUT2D eigenvalue weighted by atomic mass is 16.4. The number of nitriles is 2. The van der Waals surface area contributed by atoms with Gasteiger partial charge in [0, 0.05) is 5.69 Å². The zero-order chi connectivity index (χ0) is 15.8. The van der Waals surface area contributed by atoms with E-state index in [1.54, 1.807) is 13.8 Å². The van der Waals surface area contributed by atoms with Crippen molar-refractivity contribution in [2.75, 3.05) is 5.32 Å². The van der Waals surface area contributed by atoms with Gasteiger partial charge in [-0.15, -0.1) is 0 Å². The minimum atomic E-state index is -0.988. The normalized spacial score (nSPS) is 21.7. The summed E-state index contributed by atoms with van der Waals surface area (Å²) in [7, 11) is 0. The van der Waals surface area contributed by atoms with E-state index in [1.807, 2.05) is 12.1 Å². The zero-order valence-corrected chi connectivity index (χ0v) is 11.5. The van der Waals surface area contributed by atoms with Crippen LogP contribution in [0.15, 0.2) is 18.2 Å². The number of carbonyl (C=O) groups is 2. The maximum absolute atomic E-state index is 12.1. The lowest BCUT2D eigenvalue weighted by atomic mass is 10.1. The minimum absolute atomic E-state index is 0.167. The van der Waals surface area contributed by atoms with Crippen molar-refractivity contribution in [1.82, 2.24) is 0 Å². The van der Waals surface area contributed by atoms with Crippen molar-refractivity contribution >= 4 is 17.6 Å². The van der Waals surface area contributed by atoms with Crippen molar-refractivity contribution in [2.45, 2.75) is 13.8 Å². The quantitative estimate of drug-likeness (QED) is 0.876. The molecule has 1 aliphatic carbocycles. The van der Waals surface area contributed by atoms with Crippen molar-refractivity contribution < 1.29 is 14.7 Å². The number of nitrogens with zero attached hydrogens (tertiary/aromatic N) is 2. The van der Waals surface area contributed by atoms with Crippen LogP contribution in [0.5, 0.6) is 0 Å². The number of anilines is 1. The standard InChI is InChI=1S/C15H13N3O3/c1-15(2)11(12(15)14(20)21)13(19)18-10-4-3-8(6-16)9(5-10)7-17/h3-5,11-12H,1-2H3,(H,18,19)(H,20,21)/t11-,12+/m1/s1. The molecule has 0 aliphatic heterocycles. The van der Waals surface area contributed by atoms with Gasteiger partial charge in [0.1, 0.15) is 12.1 Å². The first kappa shape index (κ1) is 14.5. The van der Waals surface area contributed by atoms with Crippen LogP contribution >= 0.6 is 0 Å². The number of nitrogens with one attached hydrogen (secondary N) is 1. The molecule has 2 rings (SSSR count). The minimum Gasteiger partial charge on any atom is -0.481 e. The Labute approximate surface area is 121 Å². The van der Waals surface area contributed by atoms with Crippen LogP contribution in [-0.4, -0.2) is 17.0 Å². The lowest BCUT2D eigenvalue weighted by Crippen LogP contribution is -2.17. The number of amides is 1. The van der Waals surface area contributed by atoms with Gasteiger partial charge in [-0.2, -0.15) is 10.5 Å². The van der Waals surface area contributed by atoms with E-state index in [2.05, 4.69) is 5.32 Å². The maximum Gasteiger partial charge on any atom is 0.307 e. The molecule has 1 saturated carbocycles. The van der Waals surface area contributed by atoms with E-state index < -0.39 is 23.2 Å². The van der Waals surface area contributed by atoms with Crippen LogP contribution in [0.4, 0.5) is 5.69 Å². The molecule has 2 atom stereocenters. The molecular weight excluding hydrogens is 270 g/mol. The van der Waals surface area contributed by atoms with Gasteiger partial charge < -0.3 is 10.4 Å². The summed E-state index contributed by atoms with van der Waals surface area (Å²) in [5, 5.41) is 29.4. The van der Waals surface area contributed by atoms with Gasteiger partial charge >= 0.3 is 5.97 Å². The summed E-state index contributed by atoms with van der Waals surface area (Å²) >= 11 is 0. The summed E-state index contributed by atoms with van der Waals surface area (Å²) in [6.45, 7) is 3.46. The Morgan fingerprint density at radius 1 is 1.19 bits per heavy atom. The number of rotatable bonds is 3. The van der Waals surface area contributed by atoms with Crippen molar-refractivity contribution in [1.29, 1.82) is 10.5 Å². The van der Waals surface area contributed by atoms with Crippen LogP contribution in [0.3, 0.4) is 0 Å². The van der Waals surface area contributed by atoms with Crippen LogP contribution in [0.2, 0.25) is 0 Å². The first-order valence-electron chi connectivity index (χ1n) is 6.31. The molecule has 2 N–H and O–H groups in total. The van der Waals surface area contributed by atoms with Gasteiger partial charge in [-0.05, 0) is 23.6 Å². The first-order valence-corrected chi connectivity index (χ1v) is 6.31. The highest BCUT2D eigenvalue weighted by Gasteiger charge is 2.65. The molecule has 0 bridgehead atoms. The Morgan fingerprint density at radius 3 is 2.29 bits per heavy atom. The fourth-order valence-electron chi connectivity index (χ4n) is 2.62. The SMILES string of the molecule is CC1(C)[C@H](C(=O)O)[C@@H]1C(=O)Nc1ccc(C#N)c(C#N)c1. The number of carbonyl (C=O) groups excluding carboxylic acids is 1. The molecule has 0 saturated heterocycles. The Hall–Kier alpha value is -2.86. The molecule has 0 unspecified atom stereocenters. The van der Waals surface area contributed by atoms with E-state index in [0.29, 0.717) is 5.69 Å². The molecule has 6 nitrogen and oxygen atoms in total. The van der Waals surface area contributed by atoms with Gasteiger partial charge in [0.2, 0.25) is 5.91 Å². The number of benzene rings is 1. The zero-order valence-electron chi connectivity index (χ0n) is 11.5. The Bertz CT molecular complexity index is 710. The molecule has 6 heteroatoms. The highest BCUT2D eigenvalue weighted by Crippen LogP contribution is 2.58. The summed E-state index contributed by atoms with van der Waals surface area (Å²) < 4.78 is 0. The molecular formula is C15H13N3O3. The van der Waals surface area contributed by atoms with Crippen LogP contribution in [0.1, 0.15) is 25.0 Å². The van der Waals surface area contributed by atoms with Crippen LogP contribution in [-0.2, 0) is 9.59 Å². The number of carboxylic acid groups (broad SMARTS) is 1. The molecule has 21 heavy (non-hydrogen) atoms. The van der Waals surface area contributed by atoms with Crippen LogP contribution in [0, 0.1) is 39.9 Å². The van der Waals surface area contributed by atoms with Crippen molar-refractivity contribution in [3.05, 3.63) is 29.3 Å². The monoisotopic (exact) mass is 283 g/mol. The largest absolute Gasteiger partial charge is 0.481 e. The van der Waals surface area contributed by atoms with Gasteiger partial charge in [0.15, 0.2) is 0 Å². The molecule has 0 spiro atoms. The van der Waals surface area contributed by atoms with Crippen molar-refractivity contribution in [3.8, 4) is 12.1 Å². The Kier molecular flexibility index (Phi) is 3.40. The second-order valence-electron chi connectivity index (χ2n) is 5.59. The van der Waals surface area contributed by atoms with E-state index in [4.69, 9.17) is 15.6 Å². The molecule has 106 valence electrons. The fraction of sp³-hybridized carbons (Fsp3) is 0.333. The van der Waals surface area contributed by atoms with Gasteiger partial charge in [-0.3, -0.25) is 9.59 Å². The summed E-state index contributed by atoms with van der Waals surface area (Å²) in [5.74, 6) is -2.68. The maximum atomic E-state index is 12.1. The first-order chi connectivity index (χ1) is 9.82. The van der Waals surface area contributed by atoms with Crippen LogP contribution in [0.25, 0.3) is 0 Å². The molecule has 1 aromatic rings. The summed E-state index contributed by atoms with van der Waals surface area (Å²) in [6, 6.07) is 8.13. The fourth-order valence-corrected chi connectivity index (χ4v) is 2.62. The molecule has 1 fully saturated rings. The summed E-state index contributed by atoms with van der Waals surface area (Å²) in [6.07, 6.45) is 0. The predicted octanol–water partition coefficient (Wildman–Crippen LogP) is 1.73. The van der Waals surface area contributed by atoms with Crippen molar-refractivity contribution in [3.63, 3.8) is 0 Å². The van der Waals surface area contributed by atoms with E-state index in [9.17, 15) is 9.59 Å². The van der Waals surface area contributed by atoms with E-state index in [0.717, 1.165) is 0 Å². The highest BCUT2D eigenvalue weighted by molar-refractivity contribution is 5.99. The second kappa shape index (κ2) is 4.92. The molecule has 1 aromatic carbocycles. The van der Waals surface area contributed by atoms with E-state index >= 15 is 0 Å². The van der Waals surface area contributed by atoms with Gasteiger partial charge in [-0.1, -0.05) is 13.8 Å². The topological polar surface area (TPSA) is 114 Å². The molecule has 0 aromatic heterocycles. The molecule has 0 heterocycles. The van der Waals surface area contributed by atoms with Gasteiger partial charge in [0.25, 0.3) is 0 Å². The third-order valence-corrected chi connectivity index (χ3v) is 3.90. The van der Waals surface area contributed by atoms with Gasteiger partial charge in [-0.25, -0.2) is 0 Å². The smallest absolute Gasteiger partial charge is 0.307 e. The third kappa shape index (κ3) is 2.44. The lowest BCUT2D eigenvalue weighted by Gasteiger charge is -2.07.